The third kappa shape index (κ3) is 3.32. The highest BCUT2D eigenvalue weighted by molar-refractivity contribution is 5.46. The van der Waals surface area contributed by atoms with Crippen molar-refractivity contribution in [1.29, 1.82) is 0 Å². The van der Waals surface area contributed by atoms with Crippen molar-refractivity contribution in [3.05, 3.63) is 30.3 Å². The smallest absolute Gasteiger partial charge is 0.0711 e. The van der Waals surface area contributed by atoms with Gasteiger partial charge in [-0.2, -0.15) is 0 Å². The molecule has 0 spiro atoms. The number of nitrogens with zero attached hydrogens (tertiary/aromatic N) is 2. The quantitative estimate of drug-likeness (QED) is 0.893. The minimum atomic E-state index is 0.408. The Labute approximate surface area is 121 Å². The third-order valence-corrected chi connectivity index (χ3v) is 4.49. The predicted molar refractivity (Wildman–Crippen MR) is 82.3 cm³/mol. The fourth-order valence-corrected chi connectivity index (χ4v) is 3.24. The van der Waals surface area contributed by atoms with Crippen LogP contribution in [0.2, 0.25) is 0 Å². The molecule has 0 amide bonds. The highest BCUT2D eigenvalue weighted by Gasteiger charge is 2.26. The Morgan fingerprint density at radius 2 is 1.90 bits per heavy atom. The molecule has 1 aromatic rings. The largest absolute Gasteiger partial charge is 0.380 e. The van der Waals surface area contributed by atoms with Crippen LogP contribution in [0.5, 0.6) is 0 Å². The Kier molecular flexibility index (Phi) is 4.55. The zero-order valence-electron chi connectivity index (χ0n) is 12.3. The van der Waals surface area contributed by atoms with E-state index in [4.69, 9.17) is 4.74 Å². The topological polar surface area (TPSA) is 27.7 Å². The summed E-state index contributed by atoms with van der Waals surface area (Å²) in [7, 11) is 1.81. The van der Waals surface area contributed by atoms with Crippen LogP contribution in [-0.2, 0) is 4.74 Å². The lowest BCUT2D eigenvalue weighted by atomic mass is 10.1. The summed E-state index contributed by atoms with van der Waals surface area (Å²) in [6.45, 7) is 6.73. The lowest BCUT2D eigenvalue weighted by Gasteiger charge is -2.37. The minimum absolute atomic E-state index is 0.408. The molecule has 3 rings (SSSR count). The molecule has 2 unspecified atom stereocenters. The predicted octanol–water partition coefficient (Wildman–Crippen LogP) is 1.19. The molecule has 2 heterocycles. The number of piperazine rings is 1. The van der Waals surface area contributed by atoms with E-state index >= 15 is 0 Å². The summed E-state index contributed by atoms with van der Waals surface area (Å²) in [5.41, 5.74) is 1.35. The van der Waals surface area contributed by atoms with E-state index in [0.717, 1.165) is 45.7 Å². The van der Waals surface area contributed by atoms with Crippen molar-refractivity contribution in [2.75, 3.05) is 51.3 Å². The van der Waals surface area contributed by atoms with Gasteiger partial charge >= 0.3 is 0 Å². The molecule has 0 bridgehead atoms. The van der Waals surface area contributed by atoms with Gasteiger partial charge in [0.25, 0.3) is 0 Å². The van der Waals surface area contributed by atoms with E-state index < -0.39 is 0 Å². The van der Waals surface area contributed by atoms with Crippen LogP contribution in [0.25, 0.3) is 0 Å². The molecule has 20 heavy (non-hydrogen) atoms. The molecule has 2 aliphatic heterocycles. The number of rotatable bonds is 4. The van der Waals surface area contributed by atoms with Gasteiger partial charge in [0.1, 0.15) is 0 Å². The first kappa shape index (κ1) is 13.9. The number of hydrogen-bond acceptors (Lipinski definition) is 4. The van der Waals surface area contributed by atoms with Crippen molar-refractivity contribution in [2.45, 2.75) is 18.6 Å². The van der Waals surface area contributed by atoms with Gasteiger partial charge in [-0.3, -0.25) is 4.90 Å². The molecule has 0 aromatic heterocycles. The summed E-state index contributed by atoms with van der Waals surface area (Å²) in [5.74, 6) is 0. The maximum Gasteiger partial charge on any atom is 0.0711 e. The first-order valence-electron chi connectivity index (χ1n) is 7.63. The fourth-order valence-electron chi connectivity index (χ4n) is 3.24. The summed E-state index contributed by atoms with van der Waals surface area (Å²) in [5, 5.41) is 3.57. The Hall–Kier alpha value is -1.10. The molecule has 0 saturated carbocycles. The van der Waals surface area contributed by atoms with Crippen LogP contribution in [-0.4, -0.2) is 63.4 Å². The Morgan fingerprint density at radius 3 is 2.55 bits per heavy atom. The lowest BCUT2D eigenvalue weighted by molar-refractivity contribution is 0.115. The highest BCUT2D eigenvalue weighted by atomic mass is 16.5. The molecule has 0 aliphatic carbocycles. The second kappa shape index (κ2) is 6.57. The average molecular weight is 275 g/mol. The lowest BCUT2D eigenvalue weighted by Crippen LogP contribution is -2.49. The van der Waals surface area contributed by atoms with Crippen molar-refractivity contribution < 1.29 is 4.74 Å². The summed E-state index contributed by atoms with van der Waals surface area (Å²) < 4.78 is 5.42. The number of hydrogen-bond donors (Lipinski definition) is 1. The molecule has 0 radical (unpaired) electrons. The monoisotopic (exact) mass is 275 g/mol. The van der Waals surface area contributed by atoms with E-state index in [1.165, 1.54) is 5.69 Å². The highest BCUT2D eigenvalue weighted by Crippen LogP contribution is 2.17. The summed E-state index contributed by atoms with van der Waals surface area (Å²) in [6, 6.07) is 11.3. The summed E-state index contributed by atoms with van der Waals surface area (Å²) in [4.78, 5) is 5.06. The number of benzene rings is 1. The van der Waals surface area contributed by atoms with Crippen LogP contribution in [0.1, 0.15) is 6.42 Å². The van der Waals surface area contributed by atoms with Crippen molar-refractivity contribution in [3.63, 3.8) is 0 Å². The van der Waals surface area contributed by atoms with Crippen LogP contribution < -0.4 is 10.2 Å². The Morgan fingerprint density at radius 1 is 1.15 bits per heavy atom. The van der Waals surface area contributed by atoms with E-state index in [1.54, 1.807) is 0 Å². The average Bonchev–Trinajstić information content (AvgIpc) is 2.97. The second-order valence-corrected chi connectivity index (χ2v) is 5.82. The molecule has 1 aromatic carbocycles. The number of anilines is 1. The van der Waals surface area contributed by atoms with Gasteiger partial charge in [-0.1, -0.05) is 18.2 Å². The molecular formula is C16H25N3O. The molecule has 2 fully saturated rings. The number of ether oxygens (including phenoxy) is 1. The number of nitrogens with one attached hydrogen (secondary N) is 1. The molecule has 1 N–H and O–H groups in total. The van der Waals surface area contributed by atoms with E-state index in [0.29, 0.717) is 12.1 Å². The van der Waals surface area contributed by atoms with Crippen LogP contribution in [0.15, 0.2) is 30.3 Å². The normalized spacial score (nSPS) is 27.9. The van der Waals surface area contributed by atoms with E-state index in [-0.39, 0.29) is 0 Å². The van der Waals surface area contributed by atoms with Crippen molar-refractivity contribution in [1.82, 2.24) is 10.2 Å². The zero-order valence-corrected chi connectivity index (χ0v) is 12.3. The van der Waals surface area contributed by atoms with Gasteiger partial charge in [-0.05, 0) is 18.6 Å². The third-order valence-electron chi connectivity index (χ3n) is 4.49. The SMILES string of the molecule is COC1CNC(CN2CCN(c3ccccc3)CC2)C1. The molecule has 4 nitrogen and oxygen atoms in total. The summed E-state index contributed by atoms with van der Waals surface area (Å²) in [6.07, 6.45) is 1.56. The fraction of sp³-hybridized carbons (Fsp3) is 0.625. The van der Waals surface area contributed by atoms with Gasteiger partial charge in [0.15, 0.2) is 0 Å². The van der Waals surface area contributed by atoms with Crippen molar-refractivity contribution >= 4 is 5.69 Å². The molecule has 2 atom stereocenters. The van der Waals surface area contributed by atoms with Gasteiger partial charge < -0.3 is 15.0 Å². The molecular weight excluding hydrogens is 250 g/mol. The number of para-hydroxylation sites is 1. The van der Waals surface area contributed by atoms with Gasteiger partial charge in [0, 0.05) is 58.1 Å². The van der Waals surface area contributed by atoms with E-state index in [9.17, 15) is 0 Å². The van der Waals surface area contributed by atoms with Crippen LogP contribution in [0.4, 0.5) is 5.69 Å². The summed E-state index contributed by atoms with van der Waals surface area (Å²) >= 11 is 0. The van der Waals surface area contributed by atoms with Gasteiger partial charge in [-0.25, -0.2) is 0 Å². The minimum Gasteiger partial charge on any atom is -0.380 e. The van der Waals surface area contributed by atoms with E-state index in [1.807, 2.05) is 7.11 Å². The Bertz CT molecular complexity index is 403. The maximum absolute atomic E-state index is 5.42. The maximum atomic E-state index is 5.42. The molecule has 110 valence electrons. The van der Waals surface area contributed by atoms with Gasteiger partial charge in [0.05, 0.1) is 6.10 Å². The first-order chi connectivity index (χ1) is 9.85. The first-order valence-corrected chi connectivity index (χ1v) is 7.63. The Balaban J connectivity index is 1.45. The van der Waals surface area contributed by atoms with Crippen LogP contribution >= 0.6 is 0 Å². The van der Waals surface area contributed by atoms with Crippen molar-refractivity contribution in [2.24, 2.45) is 0 Å². The molecule has 2 saturated heterocycles. The molecule has 2 aliphatic rings. The van der Waals surface area contributed by atoms with Gasteiger partial charge in [0.2, 0.25) is 0 Å². The van der Waals surface area contributed by atoms with Crippen LogP contribution in [0, 0.1) is 0 Å². The van der Waals surface area contributed by atoms with Crippen LogP contribution in [0.3, 0.4) is 0 Å². The molecule has 4 heteroatoms. The zero-order chi connectivity index (χ0) is 13.8. The van der Waals surface area contributed by atoms with E-state index in [2.05, 4.69) is 45.4 Å². The standard InChI is InChI=1S/C16H25N3O/c1-20-16-11-14(17-12-16)13-18-7-9-19(10-8-18)15-5-3-2-4-6-15/h2-6,14,16-17H,7-13H2,1H3. The number of methoxy groups -OCH3 is 1. The second-order valence-electron chi connectivity index (χ2n) is 5.82. The van der Waals surface area contributed by atoms with Gasteiger partial charge in [-0.15, -0.1) is 0 Å². The van der Waals surface area contributed by atoms with Crippen molar-refractivity contribution in [3.8, 4) is 0 Å².